The smallest absolute Gasteiger partial charge is 0.267 e. The Labute approximate surface area is 103 Å². The van der Waals surface area contributed by atoms with Crippen LogP contribution >= 0.6 is 0 Å². The Bertz CT molecular complexity index is 461. The van der Waals surface area contributed by atoms with Crippen LogP contribution in [0.3, 0.4) is 0 Å². The van der Waals surface area contributed by atoms with Gasteiger partial charge in [-0.15, -0.1) is 0 Å². The molecule has 100 valence electrons. The first-order valence-corrected chi connectivity index (χ1v) is 5.47. The molecule has 4 atom stereocenters. The summed E-state index contributed by atoms with van der Waals surface area (Å²) in [5.41, 5.74) is 11.5. The van der Waals surface area contributed by atoms with Gasteiger partial charge in [0.05, 0.1) is 30.5 Å². The van der Waals surface area contributed by atoms with Crippen LogP contribution in [0.25, 0.3) is 0 Å². The minimum atomic E-state index is -1.12. The predicted octanol–water partition coefficient (Wildman–Crippen LogP) is -2.58. The second-order valence-corrected chi connectivity index (χ2v) is 4.31. The van der Waals surface area contributed by atoms with Crippen LogP contribution < -0.4 is 16.8 Å². The van der Waals surface area contributed by atoms with Crippen molar-refractivity contribution in [3.8, 4) is 0 Å². The van der Waals surface area contributed by atoms with Crippen molar-refractivity contribution in [3.63, 3.8) is 0 Å². The Morgan fingerprint density at radius 3 is 2.50 bits per heavy atom. The molecule has 9 N–H and O–H groups in total. The number of primary amides is 1. The third-order valence-corrected chi connectivity index (χ3v) is 3.23. The molecule has 8 heteroatoms. The van der Waals surface area contributed by atoms with Gasteiger partial charge in [-0.05, 0) is 0 Å². The number of carbonyl (C=O) groups is 1. The highest BCUT2D eigenvalue weighted by atomic mass is 16.3. The van der Waals surface area contributed by atoms with Gasteiger partial charge in [-0.25, -0.2) is 0 Å². The monoisotopic (exact) mass is 256 g/mol. The number of aromatic amines is 1. The number of hydrogen-bond acceptors (Lipinski definition) is 6. The zero-order valence-corrected chi connectivity index (χ0v) is 9.50. The summed E-state index contributed by atoms with van der Waals surface area (Å²) >= 11 is 0. The molecule has 1 aromatic heterocycles. The fourth-order valence-corrected chi connectivity index (χ4v) is 2.21. The average Bonchev–Trinajstić information content (AvgIpc) is 2.82. The number of nitrogen functional groups attached to an aromatic ring is 1. The number of hydrogen-bond donors (Lipinski definition) is 7. The Balaban J connectivity index is 2.30. The molecule has 1 fully saturated rings. The Hall–Kier alpha value is -1.61. The van der Waals surface area contributed by atoms with Crippen LogP contribution in [0.4, 0.5) is 5.69 Å². The molecule has 1 aliphatic heterocycles. The van der Waals surface area contributed by atoms with E-state index in [0.29, 0.717) is 5.56 Å². The number of amides is 1. The maximum Gasteiger partial charge on any atom is 0.267 e. The van der Waals surface area contributed by atoms with Gasteiger partial charge < -0.3 is 37.1 Å². The Kier molecular flexibility index (Phi) is 3.26. The van der Waals surface area contributed by atoms with E-state index in [1.165, 1.54) is 6.20 Å². The van der Waals surface area contributed by atoms with Crippen LogP contribution in [0.1, 0.15) is 22.1 Å². The SMILES string of the molecule is NC(=O)c1[nH]cc([C@@H]2N[C@H](CO)[C@@H](O)[C@H]2O)c1N. The van der Waals surface area contributed by atoms with Crippen molar-refractivity contribution in [3.05, 3.63) is 17.5 Å². The molecule has 0 radical (unpaired) electrons. The molecule has 0 bridgehead atoms. The largest absolute Gasteiger partial charge is 0.397 e. The maximum atomic E-state index is 11.1. The first-order valence-electron chi connectivity index (χ1n) is 5.47. The zero-order chi connectivity index (χ0) is 13.4. The average molecular weight is 256 g/mol. The molecular weight excluding hydrogens is 240 g/mol. The van der Waals surface area contributed by atoms with E-state index in [0.717, 1.165) is 0 Å². The first-order chi connectivity index (χ1) is 8.47. The van der Waals surface area contributed by atoms with E-state index in [4.69, 9.17) is 16.6 Å². The van der Waals surface area contributed by atoms with Crippen molar-refractivity contribution in [2.24, 2.45) is 5.73 Å². The minimum absolute atomic E-state index is 0.0564. The topological polar surface area (TPSA) is 158 Å². The summed E-state index contributed by atoms with van der Waals surface area (Å²) in [7, 11) is 0. The Morgan fingerprint density at radius 1 is 1.39 bits per heavy atom. The molecule has 0 saturated carbocycles. The molecule has 0 unspecified atom stereocenters. The summed E-state index contributed by atoms with van der Waals surface area (Å²) < 4.78 is 0. The van der Waals surface area contributed by atoms with Gasteiger partial charge >= 0.3 is 0 Å². The lowest BCUT2D eigenvalue weighted by Gasteiger charge is -2.15. The van der Waals surface area contributed by atoms with E-state index < -0.39 is 30.2 Å². The van der Waals surface area contributed by atoms with E-state index in [1.807, 2.05) is 0 Å². The van der Waals surface area contributed by atoms with Gasteiger partial charge in [0.15, 0.2) is 0 Å². The van der Waals surface area contributed by atoms with Crippen molar-refractivity contribution in [1.29, 1.82) is 0 Å². The maximum absolute atomic E-state index is 11.1. The number of carbonyl (C=O) groups excluding carboxylic acids is 1. The van der Waals surface area contributed by atoms with Crippen LogP contribution in [0.2, 0.25) is 0 Å². The van der Waals surface area contributed by atoms with Crippen molar-refractivity contribution in [1.82, 2.24) is 10.3 Å². The van der Waals surface area contributed by atoms with E-state index in [9.17, 15) is 15.0 Å². The van der Waals surface area contributed by atoms with Crippen molar-refractivity contribution < 1.29 is 20.1 Å². The summed E-state index contributed by atoms with van der Waals surface area (Å²) in [5, 5.41) is 31.4. The molecule has 2 heterocycles. The van der Waals surface area contributed by atoms with Crippen molar-refractivity contribution in [2.45, 2.75) is 24.3 Å². The normalized spacial score (nSPS) is 31.7. The van der Waals surface area contributed by atoms with Crippen LogP contribution in [0.5, 0.6) is 0 Å². The number of nitrogens with two attached hydrogens (primary N) is 2. The molecular formula is C10H16N4O4. The number of aromatic nitrogens is 1. The van der Waals surface area contributed by atoms with E-state index >= 15 is 0 Å². The predicted molar refractivity (Wildman–Crippen MR) is 62.5 cm³/mol. The summed E-state index contributed by atoms with van der Waals surface area (Å²) in [6, 6.07) is -1.31. The van der Waals surface area contributed by atoms with Crippen LogP contribution in [-0.2, 0) is 0 Å². The summed E-state index contributed by atoms with van der Waals surface area (Å²) in [5.74, 6) is -0.703. The second-order valence-electron chi connectivity index (χ2n) is 4.31. The zero-order valence-electron chi connectivity index (χ0n) is 9.50. The minimum Gasteiger partial charge on any atom is -0.397 e. The van der Waals surface area contributed by atoms with Gasteiger partial charge in [0.25, 0.3) is 5.91 Å². The fraction of sp³-hybridized carbons (Fsp3) is 0.500. The summed E-state index contributed by atoms with van der Waals surface area (Å²) in [4.78, 5) is 13.7. The summed E-state index contributed by atoms with van der Waals surface area (Å²) in [6.45, 7) is -0.318. The third kappa shape index (κ3) is 1.85. The highest BCUT2D eigenvalue weighted by Crippen LogP contribution is 2.32. The number of anilines is 1. The number of aliphatic hydroxyl groups excluding tert-OH is 3. The molecule has 1 aliphatic rings. The highest BCUT2D eigenvalue weighted by Gasteiger charge is 2.42. The second kappa shape index (κ2) is 4.58. The third-order valence-electron chi connectivity index (χ3n) is 3.23. The van der Waals surface area contributed by atoms with Gasteiger partial charge in [0.2, 0.25) is 0 Å². The quantitative estimate of drug-likeness (QED) is 0.315. The molecule has 1 aromatic rings. The van der Waals surface area contributed by atoms with Gasteiger partial charge in [-0.3, -0.25) is 4.79 Å². The number of nitrogens with one attached hydrogen (secondary N) is 2. The van der Waals surface area contributed by atoms with Crippen molar-refractivity contribution >= 4 is 11.6 Å². The lowest BCUT2D eigenvalue weighted by Crippen LogP contribution is -2.35. The lowest BCUT2D eigenvalue weighted by atomic mass is 10.0. The molecule has 0 aromatic carbocycles. The van der Waals surface area contributed by atoms with E-state index in [-0.39, 0.29) is 18.0 Å². The number of aliphatic hydroxyl groups is 3. The molecule has 1 saturated heterocycles. The standard InChI is InChI=1S/C10H16N4O4/c11-5-3(1-13-7(5)10(12)18)6-9(17)8(16)4(2-15)14-6/h1,4,6,8-9,13-17H,2,11H2,(H2,12,18)/t4-,6+,8-,9+/m1/s1. The van der Waals surface area contributed by atoms with E-state index in [2.05, 4.69) is 10.3 Å². The highest BCUT2D eigenvalue weighted by molar-refractivity contribution is 5.97. The molecule has 1 amide bonds. The molecule has 18 heavy (non-hydrogen) atoms. The van der Waals surface area contributed by atoms with Gasteiger partial charge in [-0.1, -0.05) is 0 Å². The fourth-order valence-electron chi connectivity index (χ4n) is 2.21. The molecule has 8 nitrogen and oxygen atoms in total. The number of H-pyrrole nitrogens is 1. The van der Waals surface area contributed by atoms with E-state index in [1.54, 1.807) is 0 Å². The van der Waals surface area contributed by atoms with Crippen molar-refractivity contribution in [2.75, 3.05) is 12.3 Å². The van der Waals surface area contributed by atoms with Gasteiger partial charge in [0.1, 0.15) is 11.8 Å². The first kappa shape index (κ1) is 12.8. The molecule has 2 rings (SSSR count). The van der Waals surface area contributed by atoms with Crippen LogP contribution in [0.15, 0.2) is 6.20 Å². The van der Waals surface area contributed by atoms with Crippen LogP contribution in [-0.4, -0.2) is 51.1 Å². The molecule has 0 spiro atoms. The van der Waals surface area contributed by atoms with Gasteiger partial charge in [0, 0.05) is 11.8 Å². The van der Waals surface area contributed by atoms with Gasteiger partial charge in [-0.2, -0.15) is 0 Å². The number of rotatable bonds is 3. The Morgan fingerprint density at radius 2 is 2.06 bits per heavy atom. The summed E-state index contributed by atoms with van der Waals surface area (Å²) in [6.07, 6.45) is -0.782. The molecule has 0 aliphatic carbocycles. The van der Waals surface area contributed by atoms with Crippen LogP contribution in [0, 0.1) is 0 Å². The lowest BCUT2D eigenvalue weighted by molar-refractivity contribution is 0.0195.